The quantitative estimate of drug-likeness (QED) is 0.866. The van der Waals surface area contributed by atoms with Crippen LogP contribution in [0.3, 0.4) is 0 Å². The van der Waals surface area contributed by atoms with Crippen LogP contribution in [0.15, 0.2) is 30.3 Å². The van der Waals surface area contributed by atoms with Gasteiger partial charge < -0.3 is 5.73 Å². The van der Waals surface area contributed by atoms with Crippen LogP contribution in [0.2, 0.25) is 0 Å². The Morgan fingerprint density at radius 1 is 1.15 bits per heavy atom. The van der Waals surface area contributed by atoms with E-state index in [0.717, 1.165) is 5.56 Å². The normalized spacial score (nSPS) is 15.7. The molecule has 2 nitrogen and oxygen atoms in total. The molecule has 0 aromatic heterocycles. The molecule has 0 radical (unpaired) electrons. The molecule has 5 heteroatoms. The number of hydrogen-bond acceptors (Lipinski definition) is 2. The lowest BCUT2D eigenvalue weighted by atomic mass is 9.90. The first-order chi connectivity index (χ1) is 9.26. The summed E-state index contributed by atoms with van der Waals surface area (Å²) in [6.45, 7) is 4.95. The van der Waals surface area contributed by atoms with Gasteiger partial charge >= 0.3 is 6.18 Å². The second kappa shape index (κ2) is 7.09. The molecule has 1 aromatic rings. The summed E-state index contributed by atoms with van der Waals surface area (Å²) in [5, 5.41) is 0. The molecular weight excluding hydrogens is 265 g/mol. The molecule has 0 fully saturated rings. The zero-order chi connectivity index (χ0) is 15.3. The van der Waals surface area contributed by atoms with E-state index in [1.807, 2.05) is 44.2 Å². The Balaban J connectivity index is 2.97. The standard InChI is InChI=1S/C15H23F3N2/c1-4-20(10-15(16,17)18)14(11(2)3)13(19)12-8-6-5-7-9-12/h5-9,11,13-14H,4,10,19H2,1-3H3. The van der Waals surface area contributed by atoms with Gasteiger partial charge in [-0.25, -0.2) is 0 Å². The van der Waals surface area contributed by atoms with Crippen molar-refractivity contribution in [3.63, 3.8) is 0 Å². The first-order valence-electron chi connectivity index (χ1n) is 6.87. The zero-order valence-corrected chi connectivity index (χ0v) is 12.2. The van der Waals surface area contributed by atoms with Gasteiger partial charge in [0.15, 0.2) is 0 Å². The third kappa shape index (κ3) is 4.80. The van der Waals surface area contributed by atoms with E-state index in [0.29, 0.717) is 6.54 Å². The van der Waals surface area contributed by atoms with E-state index in [9.17, 15) is 13.2 Å². The largest absolute Gasteiger partial charge is 0.401 e. The lowest BCUT2D eigenvalue weighted by Crippen LogP contribution is -2.49. The minimum absolute atomic E-state index is 0.0347. The Labute approximate surface area is 118 Å². The fourth-order valence-electron chi connectivity index (χ4n) is 2.59. The van der Waals surface area contributed by atoms with Crippen LogP contribution in [0.25, 0.3) is 0 Å². The molecule has 114 valence electrons. The molecule has 2 atom stereocenters. The Kier molecular flexibility index (Phi) is 6.02. The number of likely N-dealkylation sites (N-methyl/N-ethyl adjacent to an activating group) is 1. The Morgan fingerprint density at radius 3 is 2.10 bits per heavy atom. The van der Waals surface area contributed by atoms with Gasteiger partial charge in [0.05, 0.1) is 6.54 Å². The van der Waals surface area contributed by atoms with E-state index in [1.54, 1.807) is 6.92 Å². The summed E-state index contributed by atoms with van der Waals surface area (Å²) in [7, 11) is 0. The van der Waals surface area contributed by atoms with Crippen LogP contribution in [0.1, 0.15) is 32.4 Å². The molecule has 2 N–H and O–H groups in total. The van der Waals surface area contributed by atoms with Crippen molar-refractivity contribution in [2.24, 2.45) is 11.7 Å². The van der Waals surface area contributed by atoms with Crippen LogP contribution in [0, 0.1) is 5.92 Å². The molecule has 0 aliphatic carbocycles. The summed E-state index contributed by atoms with van der Waals surface area (Å²) in [5.74, 6) is 0.0347. The molecule has 0 bridgehead atoms. The number of alkyl halides is 3. The summed E-state index contributed by atoms with van der Waals surface area (Å²) in [6, 6.07) is 8.53. The van der Waals surface area contributed by atoms with E-state index >= 15 is 0 Å². The van der Waals surface area contributed by atoms with Gasteiger partial charge in [-0.05, 0) is 18.0 Å². The van der Waals surface area contributed by atoms with Crippen molar-refractivity contribution in [3.8, 4) is 0 Å². The first-order valence-corrected chi connectivity index (χ1v) is 6.87. The SMILES string of the molecule is CCN(CC(F)(F)F)C(C(C)C)C(N)c1ccccc1. The maximum absolute atomic E-state index is 12.7. The molecule has 2 unspecified atom stereocenters. The summed E-state index contributed by atoms with van der Waals surface area (Å²) in [6.07, 6.45) is -4.21. The average Bonchev–Trinajstić information content (AvgIpc) is 2.36. The second-order valence-electron chi connectivity index (χ2n) is 5.35. The van der Waals surface area contributed by atoms with Crippen molar-refractivity contribution in [1.82, 2.24) is 4.90 Å². The Hall–Kier alpha value is -1.07. The van der Waals surface area contributed by atoms with Gasteiger partial charge in [0.25, 0.3) is 0 Å². The highest BCUT2D eigenvalue weighted by molar-refractivity contribution is 5.20. The van der Waals surface area contributed by atoms with Crippen LogP contribution in [-0.4, -0.2) is 30.2 Å². The van der Waals surface area contributed by atoms with Gasteiger partial charge in [0, 0.05) is 12.1 Å². The monoisotopic (exact) mass is 288 g/mol. The fraction of sp³-hybridized carbons (Fsp3) is 0.600. The summed E-state index contributed by atoms with van der Waals surface area (Å²) in [5.41, 5.74) is 7.09. The molecular formula is C15H23F3N2. The first kappa shape index (κ1) is 17.0. The fourth-order valence-corrected chi connectivity index (χ4v) is 2.59. The maximum atomic E-state index is 12.7. The van der Waals surface area contributed by atoms with Gasteiger partial charge in [0.2, 0.25) is 0 Å². The minimum Gasteiger partial charge on any atom is -0.323 e. The number of nitrogens with two attached hydrogens (primary N) is 1. The molecule has 0 spiro atoms. The predicted molar refractivity (Wildman–Crippen MR) is 75.3 cm³/mol. The van der Waals surface area contributed by atoms with Crippen molar-refractivity contribution in [2.45, 2.75) is 39.0 Å². The van der Waals surface area contributed by atoms with Crippen molar-refractivity contribution >= 4 is 0 Å². The number of benzene rings is 1. The smallest absolute Gasteiger partial charge is 0.323 e. The van der Waals surface area contributed by atoms with Crippen molar-refractivity contribution in [3.05, 3.63) is 35.9 Å². The van der Waals surface area contributed by atoms with Crippen molar-refractivity contribution in [1.29, 1.82) is 0 Å². The minimum atomic E-state index is -4.21. The summed E-state index contributed by atoms with van der Waals surface area (Å²) >= 11 is 0. The van der Waals surface area contributed by atoms with E-state index in [2.05, 4.69) is 0 Å². The molecule has 0 heterocycles. The third-order valence-electron chi connectivity index (χ3n) is 3.45. The van der Waals surface area contributed by atoms with Gasteiger partial charge in [-0.1, -0.05) is 51.1 Å². The van der Waals surface area contributed by atoms with E-state index < -0.39 is 18.8 Å². The lowest BCUT2D eigenvalue weighted by molar-refractivity contribution is -0.153. The van der Waals surface area contributed by atoms with Gasteiger partial charge in [-0.3, -0.25) is 4.90 Å². The molecule has 0 saturated carbocycles. The zero-order valence-electron chi connectivity index (χ0n) is 12.2. The summed E-state index contributed by atoms with van der Waals surface area (Å²) in [4.78, 5) is 1.42. The molecule has 0 aliphatic heterocycles. The van der Waals surface area contributed by atoms with Crippen LogP contribution in [-0.2, 0) is 0 Å². The Bertz CT molecular complexity index is 390. The van der Waals surface area contributed by atoms with Crippen LogP contribution in [0.4, 0.5) is 13.2 Å². The predicted octanol–water partition coefficient (Wildman–Crippen LogP) is 3.60. The van der Waals surface area contributed by atoms with E-state index in [4.69, 9.17) is 5.73 Å². The lowest BCUT2D eigenvalue weighted by Gasteiger charge is -2.38. The highest BCUT2D eigenvalue weighted by Gasteiger charge is 2.36. The number of rotatable bonds is 6. The highest BCUT2D eigenvalue weighted by Crippen LogP contribution is 2.27. The summed E-state index contributed by atoms with van der Waals surface area (Å²) < 4.78 is 38.1. The second-order valence-corrected chi connectivity index (χ2v) is 5.35. The molecule has 0 saturated heterocycles. The van der Waals surface area contributed by atoms with Crippen LogP contribution in [0.5, 0.6) is 0 Å². The van der Waals surface area contributed by atoms with E-state index in [1.165, 1.54) is 4.90 Å². The molecule has 20 heavy (non-hydrogen) atoms. The van der Waals surface area contributed by atoms with Crippen molar-refractivity contribution < 1.29 is 13.2 Å². The molecule has 0 aliphatic rings. The molecule has 0 amide bonds. The van der Waals surface area contributed by atoms with E-state index in [-0.39, 0.29) is 12.0 Å². The van der Waals surface area contributed by atoms with Gasteiger partial charge in [-0.2, -0.15) is 13.2 Å². The maximum Gasteiger partial charge on any atom is 0.401 e. The molecule has 1 rings (SSSR count). The number of hydrogen-bond donors (Lipinski definition) is 1. The Morgan fingerprint density at radius 2 is 1.70 bits per heavy atom. The number of nitrogens with zero attached hydrogens (tertiary/aromatic N) is 1. The highest BCUT2D eigenvalue weighted by atomic mass is 19.4. The number of halogens is 3. The van der Waals surface area contributed by atoms with Crippen LogP contribution < -0.4 is 5.73 Å². The van der Waals surface area contributed by atoms with Crippen LogP contribution >= 0.6 is 0 Å². The molecule has 1 aromatic carbocycles. The third-order valence-corrected chi connectivity index (χ3v) is 3.45. The topological polar surface area (TPSA) is 29.3 Å². The van der Waals surface area contributed by atoms with Gasteiger partial charge in [0.1, 0.15) is 0 Å². The average molecular weight is 288 g/mol. The van der Waals surface area contributed by atoms with Gasteiger partial charge in [-0.15, -0.1) is 0 Å². The van der Waals surface area contributed by atoms with Crippen molar-refractivity contribution in [2.75, 3.05) is 13.1 Å².